The van der Waals surface area contributed by atoms with E-state index in [2.05, 4.69) is 10.1 Å². The van der Waals surface area contributed by atoms with E-state index in [-0.39, 0.29) is 31.3 Å². The van der Waals surface area contributed by atoms with Gasteiger partial charge >= 0.3 is 0 Å². The highest BCUT2D eigenvalue weighted by Crippen LogP contribution is 2.34. The van der Waals surface area contributed by atoms with Crippen LogP contribution >= 0.6 is 11.6 Å². The van der Waals surface area contributed by atoms with Crippen molar-refractivity contribution in [1.82, 2.24) is 15.0 Å². The number of halogens is 1. The summed E-state index contributed by atoms with van der Waals surface area (Å²) in [7, 11) is -1.95. The van der Waals surface area contributed by atoms with Crippen molar-refractivity contribution in [2.45, 2.75) is 19.4 Å². The second-order valence-electron chi connectivity index (χ2n) is 8.01. The molecule has 1 aromatic heterocycles. The summed E-state index contributed by atoms with van der Waals surface area (Å²) in [5, 5.41) is 4.43. The van der Waals surface area contributed by atoms with Crippen LogP contribution in [0.3, 0.4) is 0 Å². The fourth-order valence-corrected chi connectivity index (χ4v) is 4.78. The Hall–Kier alpha value is -3.31. The molecule has 35 heavy (non-hydrogen) atoms. The second-order valence-corrected chi connectivity index (χ2v) is 10.3. The highest BCUT2D eigenvalue weighted by atomic mass is 35.5. The maximum atomic E-state index is 12.6. The monoisotopic (exact) mass is 520 g/mol. The largest absolute Gasteiger partial charge is 0.486 e. The van der Waals surface area contributed by atoms with Gasteiger partial charge in [-0.3, -0.25) is 9.10 Å². The third kappa shape index (κ3) is 6.04. The Bertz CT molecular complexity index is 1310. The number of amides is 1. The molecule has 1 amide bonds. The molecular formula is C23H25ClN4O6S. The average Bonchev–Trinajstić information content (AvgIpc) is 3.29. The lowest BCUT2D eigenvalue weighted by Gasteiger charge is -2.25. The maximum absolute atomic E-state index is 12.6. The highest BCUT2D eigenvalue weighted by molar-refractivity contribution is 7.92. The van der Waals surface area contributed by atoms with Gasteiger partial charge < -0.3 is 18.9 Å². The standard InChI is InChI=1S/C23H25ClN4O6S/c1-27(15-21-25-23(26-34-21)17-6-3-4-7-18(17)24)22(29)8-5-11-28(35(2,30)31)16-9-10-19-20(14-16)33-13-12-32-19/h3-4,6-7,9-10,14H,5,8,11-13,15H2,1-2H3. The number of fused-ring (bicyclic) bond motifs is 1. The summed E-state index contributed by atoms with van der Waals surface area (Å²) >= 11 is 6.17. The minimum Gasteiger partial charge on any atom is -0.486 e. The van der Waals surface area contributed by atoms with E-state index >= 15 is 0 Å². The number of hydrogen-bond donors (Lipinski definition) is 0. The molecule has 186 valence electrons. The lowest BCUT2D eigenvalue weighted by molar-refractivity contribution is -0.130. The van der Waals surface area contributed by atoms with Gasteiger partial charge in [-0.1, -0.05) is 28.9 Å². The molecule has 2 aromatic carbocycles. The SMILES string of the molecule is CN(Cc1nc(-c2ccccc2Cl)no1)C(=O)CCCN(c1ccc2c(c1)OCCO2)S(C)(=O)=O. The van der Waals surface area contributed by atoms with Crippen molar-refractivity contribution >= 4 is 33.2 Å². The number of ether oxygens (including phenoxy) is 2. The average molecular weight is 521 g/mol. The van der Waals surface area contributed by atoms with E-state index in [4.69, 9.17) is 25.6 Å². The molecule has 1 aliphatic heterocycles. The van der Waals surface area contributed by atoms with Crippen molar-refractivity contribution < 1.29 is 27.2 Å². The number of sulfonamides is 1. The molecule has 0 spiro atoms. The molecule has 1 aliphatic rings. The van der Waals surface area contributed by atoms with Crippen LogP contribution in [0.4, 0.5) is 5.69 Å². The van der Waals surface area contributed by atoms with E-state index in [1.807, 2.05) is 6.07 Å². The topological polar surface area (TPSA) is 115 Å². The minimum absolute atomic E-state index is 0.119. The first kappa shape index (κ1) is 24.8. The van der Waals surface area contributed by atoms with Crippen LogP contribution < -0.4 is 13.8 Å². The van der Waals surface area contributed by atoms with Crippen LogP contribution in [-0.4, -0.2) is 62.4 Å². The molecule has 0 radical (unpaired) electrons. The number of benzene rings is 2. The van der Waals surface area contributed by atoms with Gasteiger partial charge in [0.1, 0.15) is 13.2 Å². The number of rotatable bonds is 9. The Kier molecular flexibility index (Phi) is 7.46. The van der Waals surface area contributed by atoms with Crippen LogP contribution in [0, 0.1) is 0 Å². The van der Waals surface area contributed by atoms with E-state index in [0.29, 0.717) is 53.2 Å². The summed E-state index contributed by atoms with van der Waals surface area (Å²) in [4.78, 5) is 18.4. The normalized spacial score (nSPS) is 12.9. The van der Waals surface area contributed by atoms with Crippen molar-refractivity contribution in [2.24, 2.45) is 0 Å². The van der Waals surface area contributed by atoms with E-state index in [1.54, 1.807) is 43.4 Å². The highest BCUT2D eigenvalue weighted by Gasteiger charge is 2.22. The molecule has 0 aliphatic carbocycles. The molecule has 3 aromatic rings. The first-order valence-electron chi connectivity index (χ1n) is 10.9. The number of nitrogens with zero attached hydrogens (tertiary/aromatic N) is 4. The van der Waals surface area contributed by atoms with Crippen LogP contribution in [0.1, 0.15) is 18.7 Å². The van der Waals surface area contributed by atoms with Crippen LogP contribution in [-0.2, 0) is 21.4 Å². The molecule has 0 bridgehead atoms. The molecule has 0 saturated heterocycles. The van der Waals surface area contributed by atoms with Gasteiger partial charge in [0, 0.05) is 31.6 Å². The summed E-state index contributed by atoms with van der Waals surface area (Å²) in [5.74, 6) is 1.50. The Morgan fingerprint density at radius 1 is 1.11 bits per heavy atom. The predicted octanol–water partition coefficient (Wildman–Crippen LogP) is 3.37. The summed E-state index contributed by atoms with van der Waals surface area (Å²) in [5.41, 5.74) is 1.09. The maximum Gasteiger partial charge on any atom is 0.246 e. The lowest BCUT2D eigenvalue weighted by atomic mass is 10.2. The van der Waals surface area contributed by atoms with Crippen molar-refractivity contribution in [3.63, 3.8) is 0 Å². The van der Waals surface area contributed by atoms with Crippen molar-refractivity contribution in [3.05, 3.63) is 53.4 Å². The van der Waals surface area contributed by atoms with Gasteiger partial charge in [-0.05, 0) is 30.7 Å². The molecule has 0 fully saturated rings. The summed E-state index contributed by atoms with van der Waals surface area (Å²) in [6, 6.07) is 12.1. The smallest absolute Gasteiger partial charge is 0.246 e. The molecule has 0 N–H and O–H groups in total. The van der Waals surface area contributed by atoms with Crippen molar-refractivity contribution in [3.8, 4) is 22.9 Å². The minimum atomic E-state index is -3.57. The molecule has 2 heterocycles. The Morgan fingerprint density at radius 2 is 1.86 bits per heavy atom. The van der Waals surface area contributed by atoms with E-state index in [0.717, 1.165) is 6.26 Å². The Labute approximate surface area is 208 Å². The molecule has 4 rings (SSSR count). The van der Waals surface area contributed by atoms with Gasteiger partial charge in [-0.15, -0.1) is 0 Å². The molecule has 0 atom stereocenters. The number of aromatic nitrogens is 2. The van der Waals surface area contributed by atoms with Gasteiger partial charge in [0.2, 0.25) is 27.6 Å². The summed E-state index contributed by atoms with van der Waals surface area (Å²) in [6.07, 6.45) is 1.59. The summed E-state index contributed by atoms with van der Waals surface area (Å²) in [6.45, 7) is 1.10. The molecule has 0 unspecified atom stereocenters. The first-order valence-corrected chi connectivity index (χ1v) is 13.1. The zero-order valence-electron chi connectivity index (χ0n) is 19.3. The van der Waals surface area contributed by atoms with E-state index < -0.39 is 10.0 Å². The zero-order valence-corrected chi connectivity index (χ0v) is 20.9. The van der Waals surface area contributed by atoms with E-state index in [9.17, 15) is 13.2 Å². The second kappa shape index (κ2) is 10.5. The zero-order chi connectivity index (χ0) is 25.0. The summed E-state index contributed by atoms with van der Waals surface area (Å²) < 4.78 is 42.4. The van der Waals surface area contributed by atoms with Gasteiger partial charge in [-0.2, -0.15) is 4.98 Å². The lowest BCUT2D eigenvalue weighted by Crippen LogP contribution is -2.32. The number of carbonyl (C=O) groups is 1. The molecule has 10 nitrogen and oxygen atoms in total. The molecule has 12 heteroatoms. The van der Waals surface area contributed by atoms with Crippen molar-refractivity contribution in [1.29, 1.82) is 0 Å². The van der Waals surface area contributed by atoms with Gasteiger partial charge in [0.25, 0.3) is 0 Å². The van der Waals surface area contributed by atoms with Gasteiger partial charge in [-0.25, -0.2) is 8.42 Å². The van der Waals surface area contributed by atoms with Crippen LogP contribution in [0.15, 0.2) is 47.0 Å². The molecule has 0 saturated carbocycles. The van der Waals surface area contributed by atoms with Crippen molar-refractivity contribution in [2.75, 3.05) is 37.4 Å². The molecular weight excluding hydrogens is 496 g/mol. The predicted molar refractivity (Wildman–Crippen MR) is 130 cm³/mol. The fourth-order valence-electron chi connectivity index (χ4n) is 3.60. The van der Waals surface area contributed by atoms with Crippen LogP contribution in [0.25, 0.3) is 11.4 Å². The Morgan fingerprint density at radius 3 is 2.60 bits per heavy atom. The number of anilines is 1. The fraction of sp³-hybridized carbons (Fsp3) is 0.348. The van der Waals surface area contributed by atoms with Crippen LogP contribution in [0.5, 0.6) is 11.5 Å². The number of hydrogen-bond acceptors (Lipinski definition) is 8. The number of carbonyl (C=O) groups excluding carboxylic acids is 1. The Balaban J connectivity index is 1.34. The third-order valence-electron chi connectivity index (χ3n) is 5.35. The van der Waals surface area contributed by atoms with Gasteiger partial charge in [0.05, 0.1) is 23.5 Å². The van der Waals surface area contributed by atoms with Crippen LogP contribution in [0.2, 0.25) is 5.02 Å². The quantitative estimate of drug-likeness (QED) is 0.422. The van der Waals surface area contributed by atoms with Gasteiger partial charge in [0.15, 0.2) is 11.5 Å². The third-order valence-corrected chi connectivity index (χ3v) is 6.87. The van der Waals surface area contributed by atoms with E-state index in [1.165, 1.54) is 9.21 Å². The first-order chi connectivity index (χ1) is 16.7.